The number of sulfonamides is 1. The van der Waals surface area contributed by atoms with Crippen LogP contribution in [0.2, 0.25) is 0 Å². The van der Waals surface area contributed by atoms with Crippen molar-refractivity contribution < 1.29 is 8.42 Å². The van der Waals surface area contributed by atoms with Crippen LogP contribution in [-0.2, 0) is 10.0 Å². The molecular formula is C12H23N5O2S2. The smallest absolute Gasteiger partial charge is 0.249 e. The number of nitrogens with two attached hydrogens (primary N) is 1. The summed E-state index contributed by atoms with van der Waals surface area (Å²) < 4.78 is 30.2. The quantitative estimate of drug-likeness (QED) is 0.864. The molecular weight excluding hydrogens is 310 g/mol. The van der Waals surface area contributed by atoms with Gasteiger partial charge < -0.3 is 15.5 Å². The summed E-state index contributed by atoms with van der Waals surface area (Å²) in [5, 5.41) is 0.660. The van der Waals surface area contributed by atoms with Crippen LogP contribution in [0.15, 0.2) is 4.90 Å². The highest BCUT2D eigenvalue weighted by molar-refractivity contribution is 7.89. The van der Waals surface area contributed by atoms with Crippen molar-refractivity contribution in [3.05, 3.63) is 0 Å². The van der Waals surface area contributed by atoms with E-state index in [1.807, 2.05) is 14.1 Å². The van der Waals surface area contributed by atoms with Crippen LogP contribution < -0.4 is 10.6 Å². The lowest BCUT2D eigenvalue weighted by Crippen LogP contribution is -2.45. The van der Waals surface area contributed by atoms with Gasteiger partial charge in [-0.05, 0) is 38.5 Å². The first-order chi connectivity index (χ1) is 9.75. The summed E-state index contributed by atoms with van der Waals surface area (Å²) >= 11 is 1.17. The van der Waals surface area contributed by atoms with Crippen LogP contribution in [0.25, 0.3) is 0 Å². The number of piperidine rings is 1. The van der Waals surface area contributed by atoms with E-state index in [1.54, 1.807) is 0 Å². The summed E-state index contributed by atoms with van der Waals surface area (Å²) in [6.45, 7) is 1.63. The Hall–Kier alpha value is -0.900. The highest BCUT2D eigenvalue weighted by atomic mass is 32.2. The third kappa shape index (κ3) is 3.15. The fraction of sp³-hybridized carbons (Fsp3) is 0.750. The fourth-order valence-corrected chi connectivity index (χ4v) is 4.73. The van der Waals surface area contributed by atoms with E-state index in [0.717, 1.165) is 25.9 Å². The van der Waals surface area contributed by atoms with Crippen molar-refractivity contribution in [2.45, 2.75) is 23.8 Å². The Bertz CT molecular complexity index is 597. The number of aromatic nitrogens is 1. The van der Waals surface area contributed by atoms with Gasteiger partial charge in [0.15, 0.2) is 10.7 Å². The predicted molar refractivity (Wildman–Crippen MR) is 86.3 cm³/mol. The molecule has 1 aromatic rings. The fourth-order valence-electron chi connectivity index (χ4n) is 2.47. The Labute approximate surface area is 130 Å². The van der Waals surface area contributed by atoms with E-state index in [4.69, 9.17) is 5.73 Å². The maximum absolute atomic E-state index is 12.5. The number of hydrogen-bond acceptors (Lipinski definition) is 7. The lowest BCUT2D eigenvalue weighted by Gasteiger charge is -2.36. The van der Waals surface area contributed by atoms with Crippen molar-refractivity contribution in [3.63, 3.8) is 0 Å². The van der Waals surface area contributed by atoms with E-state index < -0.39 is 10.0 Å². The zero-order valence-electron chi connectivity index (χ0n) is 12.9. The molecule has 7 nitrogen and oxygen atoms in total. The SMILES string of the molecule is CN(C)C1CCCN(c2snc(N)c2S(=O)(=O)N(C)C)C1. The van der Waals surface area contributed by atoms with Crippen LogP contribution in [0, 0.1) is 0 Å². The highest BCUT2D eigenvalue weighted by Crippen LogP contribution is 2.37. The highest BCUT2D eigenvalue weighted by Gasteiger charge is 2.32. The Kier molecular flexibility index (Phi) is 4.76. The summed E-state index contributed by atoms with van der Waals surface area (Å²) in [6, 6.07) is 0.414. The Morgan fingerprint density at radius 2 is 2.00 bits per heavy atom. The van der Waals surface area contributed by atoms with Crippen molar-refractivity contribution in [2.75, 3.05) is 51.9 Å². The van der Waals surface area contributed by atoms with Gasteiger partial charge in [0.25, 0.3) is 0 Å². The van der Waals surface area contributed by atoms with Crippen LogP contribution in [0.3, 0.4) is 0 Å². The Morgan fingerprint density at radius 1 is 1.33 bits per heavy atom. The molecule has 1 aliphatic rings. The summed E-state index contributed by atoms with van der Waals surface area (Å²) in [5.74, 6) is 0.0932. The van der Waals surface area contributed by atoms with Crippen LogP contribution in [0.1, 0.15) is 12.8 Å². The van der Waals surface area contributed by atoms with Gasteiger partial charge in [0.1, 0.15) is 5.00 Å². The number of nitrogens with zero attached hydrogens (tertiary/aromatic N) is 4. The molecule has 1 aromatic heterocycles. The van der Waals surface area contributed by atoms with Crippen molar-refractivity contribution in [3.8, 4) is 0 Å². The molecule has 1 saturated heterocycles. The average Bonchev–Trinajstić information content (AvgIpc) is 2.81. The van der Waals surface area contributed by atoms with Gasteiger partial charge in [-0.2, -0.15) is 4.37 Å². The molecule has 0 saturated carbocycles. The minimum absolute atomic E-state index is 0.0932. The standard InChI is InChI=1S/C12H23N5O2S2/c1-15(2)9-6-5-7-17(8-9)12-10(11(13)14-20-12)21(18,19)16(3)4/h9H,5-8H2,1-4H3,(H2,13,14). The summed E-state index contributed by atoms with van der Waals surface area (Å²) in [6.07, 6.45) is 2.15. The van der Waals surface area contributed by atoms with Gasteiger partial charge in [-0.15, -0.1) is 0 Å². The molecule has 0 aliphatic carbocycles. The van der Waals surface area contributed by atoms with E-state index in [1.165, 1.54) is 29.9 Å². The molecule has 1 atom stereocenters. The average molecular weight is 333 g/mol. The Balaban J connectivity index is 2.38. The maximum Gasteiger partial charge on any atom is 0.249 e. The van der Waals surface area contributed by atoms with Gasteiger partial charge in [0.05, 0.1) is 0 Å². The molecule has 120 valence electrons. The number of anilines is 2. The third-order valence-electron chi connectivity index (χ3n) is 3.81. The van der Waals surface area contributed by atoms with E-state index in [-0.39, 0.29) is 10.7 Å². The molecule has 2 rings (SSSR count). The molecule has 0 bridgehead atoms. The van der Waals surface area contributed by atoms with Crippen molar-refractivity contribution in [1.82, 2.24) is 13.6 Å². The molecule has 0 radical (unpaired) electrons. The van der Waals surface area contributed by atoms with Crippen molar-refractivity contribution in [1.29, 1.82) is 0 Å². The zero-order valence-corrected chi connectivity index (χ0v) is 14.5. The van der Waals surface area contributed by atoms with Gasteiger partial charge in [0.2, 0.25) is 10.0 Å². The maximum atomic E-state index is 12.5. The molecule has 21 heavy (non-hydrogen) atoms. The second-order valence-corrected chi connectivity index (χ2v) is 8.54. The third-order valence-corrected chi connectivity index (χ3v) is 6.74. The largest absolute Gasteiger partial charge is 0.382 e. The molecule has 2 N–H and O–H groups in total. The monoisotopic (exact) mass is 333 g/mol. The number of rotatable bonds is 4. The lowest BCUT2D eigenvalue weighted by molar-refractivity contribution is 0.258. The van der Waals surface area contributed by atoms with Crippen molar-refractivity contribution >= 4 is 32.4 Å². The van der Waals surface area contributed by atoms with Gasteiger partial charge in [-0.25, -0.2) is 12.7 Å². The summed E-state index contributed by atoms with van der Waals surface area (Å²) in [4.78, 5) is 4.42. The predicted octanol–water partition coefficient (Wildman–Crippen LogP) is 0.506. The minimum atomic E-state index is -3.58. The molecule has 0 aromatic carbocycles. The van der Waals surface area contributed by atoms with Crippen molar-refractivity contribution in [2.24, 2.45) is 0 Å². The molecule has 1 fully saturated rings. The summed E-state index contributed by atoms with van der Waals surface area (Å²) in [5.41, 5.74) is 5.82. The molecule has 2 heterocycles. The normalized spacial score (nSPS) is 20.5. The van der Waals surface area contributed by atoms with Crippen LogP contribution in [0.4, 0.5) is 10.8 Å². The minimum Gasteiger partial charge on any atom is -0.382 e. The molecule has 0 spiro atoms. The first kappa shape index (κ1) is 16.5. The van der Waals surface area contributed by atoms with Crippen LogP contribution in [-0.4, -0.2) is 69.3 Å². The summed E-state index contributed by atoms with van der Waals surface area (Å²) in [7, 11) is 3.53. The van der Waals surface area contributed by atoms with Crippen LogP contribution >= 0.6 is 11.5 Å². The molecule has 1 unspecified atom stereocenters. The van der Waals surface area contributed by atoms with Crippen LogP contribution in [0.5, 0.6) is 0 Å². The first-order valence-corrected chi connectivity index (χ1v) is 9.05. The Morgan fingerprint density at radius 3 is 2.57 bits per heavy atom. The van der Waals surface area contributed by atoms with Gasteiger partial charge in [-0.3, -0.25) is 0 Å². The van der Waals surface area contributed by atoms with Gasteiger partial charge in [-0.1, -0.05) is 0 Å². The molecule has 1 aliphatic heterocycles. The van der Waals surface area contributed by atoms with Gasteiger partial charge >= 0.3 is 0 Å². The van der Waals surface area contributed by atoms with Gasteiger partial charge in [0, 0.05) is 33.2 Å². The lowest BCUT2D eigenvalue weighted by atomic mass is 10.1. The van der Waals surface area contributed by atoms with E-state index in [9.17, 15) is 8.42 Å². The topological polar surface area (TPSA) is 82.8 Å². The zero-order chi connectivity index (χ0) is 15.8. The molecule has 0 amide bonds. The second-order valence-electron chi connectivity index (χ2n) is 5.70. The number of hydrogen-bond donors (Lipinski definition) is 1. The molecule has 9 heteroatoms. The number of likely N-dealkylation sites (N-methyl/N-ethyl adjacent to an activating group) is 1. The second kappa shape index (κ2) is 6.07. The number of nitrogen functional groups attached to an aromatic ring is 1. The first-order valence-electron chi connectivity index (χ1n) is 6.84. The van der Waals surface area contributed by atoms with E-state index in [0.29, 0.717) is 11.0 Å². The van der Waals surface area contributed by atoms with E-state index >= 15 is 0 Å². The van der Waals surface area contributed by atoms with E-state index in [2.05, 4.69) is 14.2 Å².